The number of carbonyl (C=O) groups is 2. The lowest BCUT2D eigenvalue weighted by Crippen LogP contribution is -2.47. The minimum atomic E-state index is -0.363. The third-order valence-corrected chi connectivity index (χ3v) is 8.70. The van der Waals surface area contributed by atoms with Crippen molar-refractivity contribution in [3.63, 3.8) is 0 Å². The average Bonchev–Trinajstić information content (AvgIpc) is 3.26. The number of anilines is 2. The number of hydrogen-bond acceptors (Lipinski definition) is 6. The minimum Gasteiger partial charge on any atom is -0.399 e. The molecule has 37 heavy (non-hydrogen) atoms. The summed E-state index contributed by atoms with van der Waals surface area (Å²) >= 11 is 0. The molecule has 0 spiro atoms. The zero-order valence-electron chi connectivity index (χ0n) is 21.5. The van der Waals surface area contributed by atoms with Crippen LogP contribution in [0.3, 0.4) is 0 Å². The fraction of sp³-hybridized carbons (Fsp3) is 0.483. The van der Waals surface area contributed by atoms with Crippen molar-refractivity contribution in [3.05, 3.63) is 53.7 Å². The van der Waals surface area contributed by atoms with Crippen molar-refractivity contribution in [2.75, 3.05) is 36.8 Å². The fourth-order valence-corrected chi connectivity index (χ4v) is 6.69. The molecule has 0 saturated carbocycles. The molecule has 8 heteroatoms. The molecule has 194 valence electrons. The number of nitrogens with two attached hydrogens (primary N) is 1. The van der Waals surface area contributed by atoms with E-state index in [4.69, 9.17) is 10.8 Å². The number of nitrogen functional groups attached to an aromatic ring is 1. The van der Waals surface area contributed by atoms with Crippen molar-refractivity contribution in [2.24, 2.45) is 7.05 Å². The van der Waals surface area contributed by atoms with Crippen LogP contribution in [0.25, 0.3) is 10.9 Å². The number of carbonyl (C=O) groups excluding carboxylic acids is 2. The van der Waals surface area contributed by atoms with E-state index in [0.717, 1.165) is 61.3 Å². The van der Waals surface area contributed by atoms with Crippen molar-refractivity contribution in [2.45, 2.75) is 56.4 Å². The molecular formula is C29H36N6O2. The Hall–Kier alpha value is -3.39. The molecule has 2 aromatic carbocycles. The van der Waals surface area contributed by atoms with Gasteiger partial charge in [0.05, 0.1) is 17.1 Å². The van der Waals surface area contributed by atoms with Crippen LogP contribution in [0.5, 0.6) is 0 Å². The van der Waals surface area contributed by atoms with Crippen molar-refractivity contribution in [3.8, 4) is 0 Å². The summed E-state index contributed by atoms with van der Waals surface area (Å²) in [5, 5.41) is 8.33. The van der Waals surface area contributed by atoms with Gasteiger partial charge in [0.2, 0.25) is 11.8 Å². The minimum absolute atomic E-state index is 0.190. The molecule has 1 atom stereocenters. The van der Waals surface area contributed by atoms with E-state index in [9.17, 15) is 9.59 Å². The van der Waals surface area contributed by atoms with Crippen LogP contribution >= 0.6 is 0 Å². The van der Waals surface area contributed by atoms with Crippen LogP contribution in [-0.4, -0.2) is 58.7 Å². The molecule has 3 aliphatic rings. The SMILES string of the molecule is Cn1nc(C2CCC(=O)NC2=O)c2cccc(C3CCN(C4CCN(c5ccc(N)cc5)CC4)CC3)c21. The number of rotatable bonds is 4. The van der Waals surface area contributed by atoms with Crippen molar-refractivity contribution < 1.29 is 9.59 Å². The highest BCUT2D eigenvalue weighted by atomic mass is 16.2. The Balaban J connectivity index is 1.12. The van der Waals surface area contributed by atoms with Gasteiger partial charge in [-0.05, 0) is 80.9 Å². The lowest BCUT2D eigenvalue weighted by Gasteiger charge is -2.42. The monoisotopic (exact) mass is 500 g/mol. The number of aryl methyl sites for hydroxylation is 1. The summed E-state index contributed by atoms with van der Waals surface area (Å²) in [4.78, 5) is 29.4. The largest absolute Gasteiger partial charge is 0.399 e. The number of likely N-dealkylation sites (tertiary alicyclic amines) is 1. The van der Waals surface area contributed by atoms with Crippen LogP contribution < -0.4 is 16.0 Å². The van der Waals surface area contributed by atoms with Gasteiger partial charge < -0.3 is 15.5 Å². The second-order valence-corrected chi connectivity index (χ2v) is 10.9. The molecule has 1 unspecified atom stereocenters. The Morgan fingerprint density at radius 2 is 1.65 bits per heavy atom. The molecule has 1 aromatic heterocycles. The number of benzene rings is 2. The first-order chi connectivity index (χ1) is 18.0. The number of imide groups is 1. The second kappa shape index (κ2) is 9.82. The van der Waals surface area contributed by atoms with Crippen LogP contribution in [-0.2, 0) is 16.6 Å². The topological polar surface area (TPSA) is 96.5 Å². The predicted octanol–water partition coefficient (Wildman–Crippen LogP) is 3.52. The zero-order chi connectivity index (χ0) is 25.5. The van der Waals surface area contributed by atoms with E-state index in [1.807, 2.05) is 23.9 Å². The number of amides is 2. The van der Waals surface area contributed by atoms with Gasteiger partial charge >= 0.3 is 0 Å². The zero-order valence-corrected chi connectivity index (χ0v) is 21.5. The van der Waals surface area contributed by atoms with Crippen molar-refractivity contribution in [1.29, 1.82) is 0 Å². The molecular weight excluding hydrogens is 464 g/mol. The van der Waals surface area contributed by atoms with Crippen LogP contribution in [0.1, 0.15) is 61.6 Å². The molecule has 3 N–H and O–H groups in total. The summed E-state index contributed by atoms with van der Waals surface area (Å²) in [6.07, 6.45) is 5.55. The predicted molar refractivity (Wildman–Crippen MR) is 145 cm³/mol. The number of piperidine rings is 3. The first kappa shape index (κ1) is 24.0. The number of nitrogens with zero attached hydrogens (tertiary/aromatic N) is 4. The van der Waals surface area contributed by atoms with Gasteiger partial charge in [-0.25, -0.2) is 0 Å². The quantitative estimate of drug-likeness (QED) is 0.420. The molecule has 0 bridgehead atoms. The van der Waals surface area contributed by atoms with Crippen LogP contribution in [0.4, 0.5) is 11.4 Å². The Bertz CT molecular complexity index is 1300. The van der Waals surface area contributed by atoms with Gasteiger partial charge in [0.15, 0.2) is 0 Å². The first-order valence-electron chi connectivity index (χ1n) is 13.6. The van der Waals surface area contributed by atoms with Gasteiger partial charge in [0, 0.05) is 49.4 Å². The maximum absolute atomic E-state index is 12.6. The van der Waals surface area contributed by atoms with E-state index in [2.05, 4.69) is 45.4 Å². The third kappa shape index (κ3) is 4.59. The number of fused-ring (bicyclic) bond motifs is 1. The lowest BCUT2D eigenvalue weighted by atomic mass is 9.85. The molecule has 3 aliphatic heterocycles. The van der Waals surface area contributed by atoms with Gasteiger partial charge in [-0.2, -0.15) is 5.10 Å². The standard InChI is InChI=1S/C29H36N6O2/c1-33-28-23(3-2-4-24(28)27(32-33)25-9-10-26(36)31-29(25)37)19-11-15-34(16-12-19)22-13-17-35(18-14-22)21-7-5-20(30)6-8-21/h2-8,19,22,25H,9-18,30H2,1H3,(H,31,36,37). The smallest absolute Gasteiger partial charge is 0.235 e. The highest BCUT2D eigenvalue weighted by Gasteiger charge is 2.33. The van der Waals surface area contributed by atoms with Gasteiger partial charge in [-0.15, -0.1) is 0 Å². The molecule has 4 heterocycles. The molecule has 3 aromatic rings. The summed E-state index contributed by atoms with van der Waals surface area (Å²) in [6, 6.07) is 15.3. The Labute approximate surface area is 217 Å². The summed E-state index contributed by atoms with van der Waals surface area (Å²) in [5.74, 6) is -0.292. The fourth-order valence-electron chi connectivity index (χ4n) is 6.69. The van der Waals surface area contributed by atoms with Crippen LogP contribution in [0.15, 0.2) is 42.5 Å². The average molecular weight is 501 g/mol. The second-order valence-electron chi connectivity index (χ2n) is 10.9. The van der Waals surface area contributed by atoms with E-state index in [0.29, 0.717) is 24.8 Å². The van der Waals surface area contributed by atoms with Crippen LogP contribution in [0.2, 0.25) is 0 Å². The summed E-state index contributed by atoms with van der Waals surface area (Å²) in [5.41, 5.74) is 11.2. The van der Waals surface area contributed by atoms with E-state index in [1.165, 1.54) is 24.1 Å². The molecule has 0 aliphatic carbocycles. The van der Waals surface area contributed by atoms with Gasteiger partial charge in [-0.3, -0.25) is 19.6 Å². The number of para-hydroxylation sites is 1. The first-order valence-corrected chi connectivity index (χ1v) is 13.6. The molecule has 2 amide bonds. The third-order valence-electron chi connectivity index (χ3n) is 8.70. The van der Waals surface area contributed by atoms with Gasteiger partial charge in [-0.1, -0.05) is 18.2 Å². The molecule has 0 radical (unpaired) electrons. The number of nitrogens with one attached hydrogen (secondary N) is 1. The molecule has 8 nitrogen and oxygen atoms in total. The summed E-state index contributed by atoms with van der Waals surface area (Å²) in [7, 11) is 1.98. The lowest BCUT2D eigenvalue weighted by molar-refractivity contribution is -0.134. The highest BCUT2D eigenvalue weighted by molar-refractivity contribution is 6.02. The maximum Gasteiger partial charge on any atom is 0.235 e. The Morgan fingerprint density at radius 1 is 0.919 bits per heavy atom. The molecule has 3 fully saturated rings. The molecule has 6 rings (SSSR count). The number of hydrogen-bond donors (Lipinski definition) is 2. The summed E-state index contributed by atoms with van der Waals surface area (Å²) < 4.78 is 1.95. The Kier molecular flexibility index (Phi) is 6.36. The summed E-state index contributed by atoms with van der Waals surface area (Å²) in [6.45, 7) is 4.41. The van der Waals surface area contributed by atoms with E-state index in [1.54, 1.807) is 0 Å². The highest BCUT2D eigenvalue weighted by Crippen LogP contribution is 2.38. The van der Waals surface area contributed by atoms with E-state index < -0.39 is 0 Å². The van der Waals surface area contributed by atoms with Gasteiger partial charge in [0.1, 0.15) is 0 Å². The van der Waals surface area contributed by atoms with Crippen LogP contribution in [0, 0.1) is 0 Å². The Morgan fingerprint density at radius 3 is 2.35 bits per heavy atom. The maximum atomic E-state index is 12.6. The van der Waals surface area contributed by atoms with Crippen molar-refractivity contribution >= 4 is 34.1 Å². The molecule has 3 saturated heterocycles. The van der Waals surface area contributed by atoms with Crippen molar-refractivity contribution in [1.82, 2.24) is 20.0 Å². The van der Waals surface area contributed by atoms with E-state index in [-0.39, 0.29) is 17.7 Å². The normalized spacial score (nSPS) is 22.5. The van der Waals surface area contributed by atoms with E-state index >= 15 is 0 Å². The number of aromatic nitrogens is 2. The van der Waals surface area contributed by atoms with Gasteiger partial charge in [0.25, 0.3) is 0 Å².